The summed E-state index contributed by atoms with van der Waals surface area (Å²) in [4.78, 5) is 15.0. The number of hydrogen-bond donors (Lipinski definition) is 2. The van der Waals surface area contributed by atoms with Gasteiger partial charge in [0.1, 0.15) is 11.5 Å². The summed E-state index contributed by atoms with van der Waals surface area (Å²) in [5, 5.41) is 16.0. The molecule has 0 saturated carbocycles. The molecule has 2 aromatic heterocycles. The van der Waals surface area contributed by atoms with Crippen LogP contribution in [0, 0.1) is 0 Å². The van der Waals surface area contributed by atoms with Crippen LogP contribution in [-0.2, 0) is 13.0 Å². The number of rotatable bonds is 7. The third-order valence-corrected chi connectivity index (χ3v) is 4.68. The zero-order valence-corrected chi connectivity index (χ0v) is 15.6. The lowest BCUT2D eigenvalue weighted by molar-refractivity contribution is 0.0995. The molecule has 0 unspecified atom stereocenters. The number of hydrogen-bond acceptors (Lipinski definition) is 7. The van der Waals surface area contributed by atoms with Gasteiger partial charge >= 0.3 is 6.01 Å². The normalized spacial score (nSPS) is 14.3. The highest BCUT2D eigenvalue weighted by Crippen LogP contribution is 2.23. The number of carbonyl (C=O) groups excluding carboxylic acids is 1. The molecule has 9 nitrogen and oxygen atoms in total. The third kappa shape index (κ3) is 4.20. The number of nitrogens with one attached hydrogen (secondary N) is 2. The van der Waals surface area contributed by atoms with E-state index in [-0.39, 0.29) is 11.9 Å². The van der Waals surface area contributed by atoms with Crippen LogP contribution in [0.5, 0.6) is 11.8 Å². The van der Waals surface area contributed by atoms with Crippen molar-refractivity contribution in [1.82, 2.24) is 25.5 Å². The molecule has 1 aromatic carbocycles. The average Bonchev–Trinajstić information content (AvgIpc) is 3.46. The van der Waals surface area contributed by atoms with Crippen molar-refractivity contribution in [2.24, 2.45) is 0 Å². The quantitative estimate of drug-likeness (QED) is 0.646. The maximum absolute atomic E-state index is 12.6. The fraction of sp³-hybridized carbons (Fsp3) is 0.368. The molecule has 28 heavy (non-hydrogen) atoms. The van der Waals surface area contributed by atoms with E-state index >= 15 is 0 Å². The Morgan fingerprint density at radius 3 is 2.75 bits per heavy atom. The molecule has 1 aliphatic heterocycles. The van der Waals surface area contributed by atoms with E-state index in [1.807, 2.05) is 13.0 Å². The van der Waals surface area contributed by atoms with Crippen molar-refractivity contribution < 1.29 is 13.9 Å². The van der Waals surface area contributed by atoms with Crippen LogP contribution < -0.4 is 10.1 Å². The number of benzene rings is 1. The minimum Gasteiger partial charge on any atom is -0.456 e. The smallest absolute Gasteiger partial charge is 0.361 e. The highest BCUT2D eigenvalue weighted by Gasteiger charge is 2.19. The van der Waals surface area contributed by atoms with Gasteiger partial charge in [-0.15, -0.1) is 0 Å². The molecule has 4 rings (SSSR count). The Labute approximate surface area is 162 Å². The van der Waals surface area contributed by atoms with Gasteiger partial charge in [0.15, 0.2) is 5.76 Å². The maximum Gasteiger partial charge on any atom is 0.361 e. The molecule has 3 heterocycles. The number of likely N-dealkylation sites (tertiary alicyclic amines) is 1. The second-order valence-electron chi connectivity index (χ2n) is 6.67. The summed E-state index contributed by atoms with van der Waals surface area (Å²) in [6.45, 7) is 5.08. The summed E-state index contributed by atoms with van der Waals surface area (Å²) < 4.78 is 11.2. The molecular formula is C19H22N6O3. The summed E-state index contributed by atoms with van der Waals surface area (Å²) in [5.74, 6) is 1.48. The van der Waals surface area contributed by atoms with Crippen molar-refractivity contribution in [2.45, 2.75) is 32.7 Å². The topological polar surface area (TPSA) is 109 Å². The van der Waals surface area contributed by atoms with Crippen molar-refractivity contribution >= 4 is 11.6 Å². The zero-order chi connectivity index (χ0) is 19.3. The van der Waals surface area contributed by atoms with Crippen molar-refractivity contribution in [3.63, 3.8) is 0 Å². The Kier molecular flexibility index (Phi) is 5.34. The van der Waals surface area contributed by atoms with Crippen LogP contribution >= 0.6 is 0 Å². The minimum absolute atomic E-state index is 0.130. The van der Waals surface area contributed by atoms with Crippen molar-refractivity contribution in [2.75, 3.05) is 18.4 Å². The molecule has 0 radical (unpaired) electrons. The van der Waals surface area contributed by atoms with E-state index in [1.165, 1.54) is 12.8 Å². The van der Waals surface area contributed by atoms with Crippen molar-refractivity contribution in [3.8, 4) is 11.8 Å². The molecule has 0 aliphatic carbocycles. The standard InChI is InChI=1S/C19H22N6O3/c1-2-16-13(12-25-9-3-4-10-25)11-17(28-16)18(26)20-14-5-7-15(8-6-14)27-19-21-23-24-22-19/h5-8,11H,2-4,9-10,12H2,1H3,(H,20,26)(H,21,22,23,24). The lowest BCUT2D eigenvalue weighted by Gasteiger charge is -2.13. The summed E-state index contributed by atoms with van der Waals surface area (Å²) in [7, 11) is 0. The molecule has 0 atom stereocenters. The molecule has 1 fully saturated rings. The largest absolute Gasteiger partial charge is 0.456 e. The fourth-order valence-electron chi connectivity index (χ4n) is 3.29. The van der Waals surface area contributed by atoms with Gasteiger partial charge in [-0.2, -0.15) is 5.21 Å². The molecule has 9 heteroatoms. The number of nitrogens with zero attached hydrogens (tertiary/aromatic N) is 4. The molecule has 3 aromatic rings. The minimum atomic E-state index is -0.269. The number of amides is 1. The summed E-state index contributed by atoms with van der Waals surface area (Å²) >= 11 is 0. The SMILES string of the molecule is CCc1oc(C(=O)Nc2ccc(Oc3nn[nH]n3)cc2)cc1CN1CCCC1. The van der Waals surface area contributed by atoms with Gasteiger partial charge in [0.25, 0.3) is 5.91 Å². The first-order chi connectivity index (χ1) is 13.7. The third-order valence-electron chi connectivity index (χ3n) is 4.68. The highest BCUT2D eigenvalue weighted by atomic mass is 16.5. The van der Waals surface area contributed by atoms with E-state index in [4.69, 9.17) is 9.15 Å². The number of aryl methyl sites for hydroxylation is 1. The van der Waals surface area contributed by atoms with Crippen LogP contribution in [0.4, 0.5) is 5.69 Å². The lowest BCUT2D eigenvalue weighted by Crippen LogP contribution is -2.18. The Morgan fingerprint density at radius 2 is 2.07 bits per heavy atom. The predicted molar refractivity (Wildman–Crippen MR) is 101 cm³/mol. The first kappa shape index (κ1) is 18.2. The molecule has 0 bridgehead atoms. The van der Waals surface area contributed by atoms with Crippen LogP contribution in [0.25, 0.3) is 0 Å². The van der Waals surface area contributed by atoms with Crippen LogP contribution in [-0.4, -0.2) is 44.5 Å². The predicted octanol–water partition coefficient (Wildman–Crippen LogP) is 3.00. The summed E-state index contributed by atoms with van der Waals surface area (Å²) in [6, 6.07) is 8.89. The number of carbonyl (C=O) groups is 1. The van der Waals surface area contributed by atoms with E-state index in [1.54, 1.807) is 24.3 Å². The van der Waals surface area contributed by atoms with Gasteiger partial charge in [0, 0.05) is 24.2 Å². The Balaban J connectivity index is 1.40. The van der Waals surface area contributed by atoms with Crippen molar-refractivity contribution in [3.05, 3.63) is 47.4 Å². The number of aromatic amines is 1. The maximum atomic E-state index is 12.6. The van der Waals surface area contributed by atoms with Gasteiger partial charge in [-0.05, 0) is 61.5 Å². The monoisotopic (exact) mass is 382 g/mol. The molecule has 1 aliphatic rings. The zero-order valence-electron chi connectivity index (χ0n) is 15.6. The number of ether oxygens (including phenoxy) is 1. The average molecular weight is 382 g/mol. The van der Waals surface area contributed by atoms with E-state index in [9.17, 15) is 4.79 Å². The fourth-order valence-corrected chi connectivity index (χ4v) is 3.29. The van der Waals surface area contributed by atoms with E-state index in [2.05, 4.69) is 30.8 Å². The summed E-state index contributed by atoms with van der Waals surface area (Å²) in [5.41, 5.74) is 1.74. The van der Waals surface area contributed by atoms with Gasteiger partial charge in [-0.1, -0.05) is 17.1 Å². The van der Waals surface area contributed by atoms with Gasteiger partial charge < -0.3 is 14.5 Å². The second kappa shape index (κ2) is 8.22. The highest BCUT2D eigenvalue weighted by molar-refractivity contribution is 6.02. The molecule has 2 N–H and O–H groups in total. The van der Waals surface area contributed by atoms with Gasteiger partial charge in [0.2, 0.25) is 0 Å². The van der Waals surface area contributed by atoms with Gasteiger partial charge in [-0.3, -0.25) is 9.69 Å². The van der Waals surface area contributed by atoms with Gasteiger partial charge in [-0.25, -0.2) is 0 Å². The van der Waals surface area contributed by atoms with Crippen LogP contribution in [0.15, 0.2) is 34.7 Å². The Morgan fingerprint density at radius 1 is 1.29 bits per heavy atom. The van der Waals surface area contributed by atoms with E-state index in [0.717, 1.165) is 37.4 Å². The number of H-pyrrole nitrogens is 1. The molecule has 1 amide bonds. The lowest BCUT2D eigenvalue weighted by atomic mass is 10.2. The van der Waals surface area contributed by atoms with E-state index < -0.39 is 0 Å². The molecular weight excluding hydrogens is 360 g/mol. The van der Waals surface area contributed by atoms with Crippen LogP contribution in [0.3, 0.4) is 0 Å². The Bertz CT molecular complexity index is 914. The Hall–Kier alpha value is -3.20. The van der Waals surface area contributed by atoms with Crippen molar-refractivity contribution in [1.29, 1.82) is 0 Å². The number of furan rings is 1. The first-order valence-electron chi connectivity index (χ1n) is 9.38. The summed E-state index contributed by atoms with van der Waals surface area (Å²) in [6.07, 6.45) is 3.23. The van der Waals surface area contributed by atoms with Gasteiger partial charge in [0.05, 0.1) is 0 Å². The molecule has 146 valence electrons. The molecule has 0 spiro atoms. The molecule has 1 saturated heterocycles. The van der Waals surface area contributed by atoms with E-state index in [0.29, 0.717) is 17.2 Å². The number of aromatic nitrogens is 4. The second-order valence-corrected chi connectivity index (χ2v) is 6.67. The number of tetrazole rings is 1. The van der Waals surface area contributed by atoms with Crippen LogP contribution in [0.1, 0.15) is 41.6 Å². The number of anilines is 1. The van der Waals surface area contributed by atoms with Crippen LogP contribution in [0.2, 0.25) is 0 Å². The first-order valence-corrected chi connectivity index (χ1v) is 9.38.